The van der Waals surface area contributed by atoms with Crippen LogP contribution in [0.15, 0.2) is 24.3 Å². The predicted octanol–water partition coefficient (Wildman–Crippen LogP) is 4.67. The molecule has 2 aliphatic carbocycles. The van der Waals surface area contributed by atoms with Crippen LogP contribution in [0.1, 0.15) is 85.9 Å². The van der Waals surface area contributed by atoms with Crippen LogP contribution >= 0.6 is 0 Å². The first-order valence-electron chi connectivity index (χ1n) is 8.97. The Kier molecular flexibility index (Phi) is 4.66. The Morgan fingerprint density at radius 3 is 1.42 bits per heavy atom. The van der Waals surface area contributed by atoms with E-state index >= 15 is 0 Å². The summed E-state index contributed by atoms with van der Waals surface area (Å²) in [4.78, 5) is 25.2. The Hall–Kier alpha value is -1.84. The zero-order valence-electron chi connectivity index (χ0n) is 14.6. The molecular formula is C20H26O4. The summed E-state index contributed by atoms with van der Waals surface area (Å²) in [6.45, 7) is 3.94. The Labute approximate surface area is 143 Å². The molecule has 2 aliphatic rings. The van der Waals surface area contributed by atoms with E-state index in [4.69, 9.17) is 9.47 Å². The van der Waals surface area contributed by atoms with Crippen molar-refractivity contribution in [1.82, 2.24) is 0 Å². The van der Waals surface area contributed by atoms with Crippen LogP contribution in [-0.4, -0.2) is 23.1 Å². The van der Waals surface area contributed by atoms with Gasteiger partial charge in [0.05, 0.1) is 11.1 Å². The highest BCUT2D eigenvalue weighted by Crippen LogP contribution is 2.35. The predicted molar refractivity (Wildman–Crippen MR) is 91.0 cm³/mol. The molecule has 4 heteroatoms. The van der Waals surface area contributed by atoms with E-state index in [-0.39, 0.29) is 0 Å². The van der Waals surface area contributed by atoms with Crippen molar-refractivity contribution in [2.75, 3.05) is 0 Å². The third-order valence-corrected chi connectivity index (χ3v) is 5.37. The van der Waals surface area contributed by atoms with Gasteiger partial charge in [-0.2, -0.15) is 0 Å². The summed E-state index contributed by atoms with van der Waals surface area (Å²) in [7, 11) is 0. The second-order valence-corrected chi connectivity index (χ2v) is 7.64. The van der Waals surface area contributed by atoms with Crippen molar-refractivity contribution in [3.8, 4) is 0 Å². The third-order valence-electron chi connectivity index (χ3n) is 5.37. The fourth-order valence-corrected chi connectivity index (χ4v) is 3.85. The van der Waals surface area contributed by atoms with Crippen LogP contribution < -0.4 is 0 Å². The van der Waals surface area contributed by atoms with E-state index in [1.807, 2.05) is 13.8 Å². The fourth-order valence-electron chi connectivity index (χ4n) is 3.85. The normalized spacial score (nSPS) is 21.4. The topological polar surface area (TPSA) is 52.6 Å². The van der Waals surface area contributed by atoms with Crippen LogP contribution in [0, 0.1) is 0 Å². The molecule has 24 heavy (non-hydrogen) atoms. The van der Waals surface area contributed by atoms with Crippen LogP contribution in [0.25, 0.3) is 0 Å². The minimum Gasteiger partial charge on any atom is -0.456 e. The molecular weight excluding hydrogens is 304 g/mol. The molecule has 2 saturated carbocycles. The lowest BCUT2D eigenvalue weighted by atomic mass is 10.0. The Morgan fingerprint density at radius 2 is 1.08 bits per heavy atom. The summed E-state index contributed by atoms with van der Waals surface area (Å²) in [6.07, 6.45) is 7.81. The van der Waals surface area contributed by atoms with Gasteiger partial charge in [-0.05, 0) is 77.3 Å². The third kappa shape index (κ3) is 3.63. The smallest absolute Gasteiger partial charge is 0.339 e. The highest BCUT2D eigenvalue weighted by Gasteiger charge is 2.36. The molecule has 0 N–H and O–H groups in total. The maximum atomic E-state index is 12.6. The van der Waals surface area contributed by atoms with E-state index in [0.29, 0.717) is 11.1 Å². The number of benzene rings is 1. The molecule has 2 fully saturated rings. The molecule has 3 rings (SSSR count). The first-order chi connectivity index (χ1) is 11.4. The zero-order chi connectivity index (χ0) is 17.2. The van der Waals surface area contributed by atoms with Crippen molar-refractivity contribution in [2.45, 2.75) is 76.4 Å². The summed E-state index contributed by atoms with van der Waals surface area (Å²) in [5, 5.41) is 0. The number of hydrogen-bond donors (Lipinski definition) is 0. The Bertz CT molecular complexity index is 567. The van der Waals surface area contributed by atoms with E-state index in [9.17, 15) is 9.59 Å². The van der Waals surface area contributed by atoms with Crippen molar-refractivity contribution in [2.24, 2.45) is 0 Å². The van der Waals surface area contributed by atoms with Crippen LogP contribution in [0.2, 0.25) is 0 Å². The minimum atomic E-state index is -0.427. The summed E-state index contributed by atoms with van der Waals surface area (Å²) in [5.74, 6) is -0.855. The standard InChI is InChI=1S/C20H26O4/c1-19(11-5-6-12-19)23-17(21)15-9-3-4-10-16(15)18(22)24-20(2)13-7-8-14-20/h3-4,9-10H,5-8,11-14H2,1-2H3. The van der Waals surface area contributed by atoms with Crippen LogP contribution in [0.3, 0.4) is 0 Å². The van der Waals surface area contributed by atoms with Gasteiger partial charge in [0.1, 0.15) is 11.2 Å². The molecule has 0 bridgehead atoms. The highest BCUT2D eigenvalue weighted by atomic mass is 16.6. The maximum Gasteiger partial charge on any atom is 0.339 e. The first kappa shape index (κ1) is 17.0. The number of esters is 2. The summed E-state index contributed by atoms with van der Waals surface area (Å²) < 4.78 is 11.4. The molecule has 0 saturated heterocycles. The van der Waals surface area contributed by atoms with Gasteiger partial charge in [-0.25, -0.2) is 9.59 Å². The largest absolute Gasteiger partial charge is 0.456 e. The molecule has 130 valence electrons. The van der Waals surface area contributed by atoms with E-state index in [1.54, 1.807) is 24.3 Å². The van der Waals surface area contributed by atoms with Gasteiger partial charge in [0.25, 0.3) is 0 Å². The lowest BCUT2D eigenvalue weighted by Gasteiger charge is -2.26. The van der Waals surface area contributed by atoms with Gasteiger partial charge in [-0.3, -0.25) is 0 Å². The SMILES string of the molecule is CC1(OC(=O)c2ccccc2C(=O)OC2(C)CCCC2)CCCC1. The van der Waals surface area contributed by atoms with E-state index in [1.165, 1.54) is 0 Å². The molecule has 4 nitrogen and oxygen atoms in total. The van der Waals surface area contributed by atoms with Gasteiger partial charge in [0.15, 0.2) is 0 Å². The number of ether oxygens (including phenoxy) is 2. The molecule has 0 heterocycles. The maximum absolute atomic E-state index is 12.6. The average molecular weight is 330 g/mol. The lowest BCUT2D eigenvalue weighted by Crippen LogP contribution is -2.31. The zero-order valence-corrected chi connectivity index (χ0v) is 14.6. The lowest BCUT2D eigenvalue weighted by molar-refractivity contribution is -0.0108. The molecule has 0 aliphatic heterocycles. The molecule has 0 spiro atoms. The molecule has 1 aromatic rings. The van der Waals surface area contributed by atoms with Crippen LogP contribution in [0.4, 0.5) is 0 Å². The number of hydrogen-bond acceptors (Lipinski definition) is 4. The molecule has 0 radical (unpaired) electrons. The van der Waals surface area contributed by atoms with Gasteiger partial charge in [0, 0.05) is 0 Å². The van der Waals surface area contributed by atoms with Crippen molar-refractivity contribution in [1.29, 1.82) is 0 Å². The average Bonchev–Trinajstić information content (AvgIpc) is 3.16. The monoisotopic (exact) mass is 330 g/mol. The van der Waals surface area contributed by atoms with Crippen LogP contribution in [-0.2, 0) is 9.47 Å². The van der Waals surface area contributed by atoms with E-state index in [2.05, 4.69) is 0 Å². The van der Waals surface area contributed by atoms with Crippen molar-refractivity contribution >= 4 is 11.9 Å². The molecule has 0 aromatic heterocycles. The van der Waals surface area contributed by atoms with Gasteiger partial charge < -0.3 is 9.47 Å². The minimum absolute atomic E-state index is 0.303. The van der Waals surface area contributed by atoms with Gasteiger partial charge >= 0.3 is 11.9 Å². The Morgan fingerprint density at radius 1 is 0.750 bits per heavy atom. The van der Waals surface area contributed by atoms with Gasteiger partial charge in [-0.1, -0.05) is 12.1 Å². The summed E-state index contributed by atoms with van der Waals surface area (Å²) in [5.41, 5.74) is -0.216. The summed E-state index contributed by atoms with van der Waals surface area (Å²) >= 11 is 0. The van der Waals surface area contributed by atoms with Crippen molar-refractivity contribution < 1.29 is 19.1 Å². The van der Waals surface area contributed by atoms with Crippen LogP contribution in [0.5, 0.6) is 0 Å². The van der Waals surface area contributed by atoms with Crippen molar-refractivity contribution in [3.63, 3.8) is 0 Å². The number of carbonyl (C=O) groups excluding carboxylic acids is 2. The first-order valence-corrected chi connectivity index (χ1v) is 8.97. The molecule has 0 unspecified atom stereocenters. The summed E-state index contributed by atoms with van der Waals surface area (Å²) in [6, 6.07) is 6.80. The second-order valence-electron chi connectivity index (χ2n) is 7.64. The molecule has 1 aromatic carbocycles. The molecule has 0 amide bonds. The Balaban J connectivity index is 1.77. The second kappa shape index (κ2) is 6.58. The van der Waals surface area contributed by atoms with Gasteiger partial charge in [-0.15, -0.1) is 0 Å². The number of rotatable bonds is 4. The van der Waals surface area contributed by atoms with Crippen molar-refractivity contribution in [3.05, 3.63) is 35.4 Å². The van der Waals surface area contributed by atoms with E-state index in [0.717, 1.165) is 51.4 Å². The van der Waals surface area contributed by atoms with E-state index < -0.39 is 23.1 Å². The fraction of sp³-hybridized carbons (Fsp3) is 0.600. The highest BCUT2D eigenvalue weighted by molar-refractivity contribution is 6.03. The number of carbonyl (C=O) groups is 2. The molecule has 0 atom stereocenters. The quantitative estimate of drug-likeness (QED) is 0.753. The van der Waals surface area contributed by atoms with Gasteiger partial charge in [0.2, 0.25) is 0 Å².